The van der Waals surface area contributed by atoms with Crippen molar-refractivity contribution in [2.24, 2.45) is 5.92 Å². The van der Waals surface area contributed by atoms with E-state index in [0.717, 1.165) is 17.1 Å². The number of carbonyl (C=O) groups is 2. The fourth-order valence-electron chi connectivity index (χ4n) is 4.37. The first-order chi connectivity index (χ1) is 15.5. The zero-order valence-corrected chi connectivity index (χ0v) is 19.9. The Morgan fingerprint density at radius 2 is 2.00 bits per heavy atom. The number of amides is 2. The molecule has 8 nitrogen and oxygen atoms in total. The minimum absolute atomic E-state index is 0.158. The zero-order chi connectivity index (χ0) is 23.9. The number of carbonyl (C=O) groups excluding carboxylic acids is 2. The van der Waals surface area contributed by atoms with Gasteiger partial charge < -0.3 is 9.84 Å². The van der Waals surface area contributed by atoms with E-state index in [0.29, 0.717) is 11.5 Å². The maximum Gasteiger partial charge on any atom is 0.411 e. The highest BCUT2D eigenvalue weighted by molar-refractivity contribution is 7.85. The molecule has 2 unspecified atom stereocenters. The number of rotatable bonds is 5. The van der Waals surface area contributed by atoms with Gasteiger partial charge in [0.05, 0.1) is 12.6 Å². The van der Waals surface area contributed by atoms with Crippen LogP contribution in [0.15, 0.2) is 18.2 Å². The minimum Gasteiger partial charge on any atom is -0.506 e. The number of aromatic hydroxyl groups is 1. The van der Waals surface area contributed by atoms with Gasteiger partial charge in [0, 0.05) is 5.56 Å². The van der Waals surface area contributed by atoms with Gasteiger partial charge in [-0.25, -0.2) is 13.4 Å². The van der Waals surface area contributed by atoms with E-state index in [1.807, 2.05) is 6.08 Å². The lowest BCUT2D eigenvalue weighted by atomic mass is 9.81. The highest BCUT2D eigenvalue weighted by Crippen LogP contribution is 2.39. The summed E-state index contributed by atoms with van der Waals surface area (Å²) in [6.07, 6.45) is 6.81. The first-order valence-corrected chi connectivity index (χ1v) is 12.3. The molecule has 1 saturated heterocycles. The van der Waals surface area contributed by atoms with E-state index < -0.39 is 40.3 Å². The van der Waals surface area contributed by atoms with Crippen LogP contribution in [0.1, 0.15) is 58.4 Å². The molecule has 10 heteroatoms. The van der Waals surface area contributed by atoms with Gasteiger partial charge in [0.2, 0.25) is 11.2 Å². The Kier molecular flexibility index (Phi) is 6.39. The van der Waals surface area contributed by atoms with Crippen LogP contribution < -0.4 is 9.03 Å². The number of nitrogens with one attached hydrogen (secondary N) is 1. The molecule has 1 aromatic carbocycles. The van der Waals surface area contributed by atoms with Gasteiger partial charge in [-0.1, -0.05) is 25.3 Å². The highest BCUT2D eigenvalue weighted by Gasteiger charge is 2.36. The maximum atomic E-state index is 15.6. The number of hydrogen-bond donors (Lipinski definition) is 2. The lowest BCUT2D eigenvalue weighted by Gasteiger charge is -2.31. The topological polar surface area (TPSA) is 99.2 Å². The van der Waals surface area contributed by atoms with E-state index in [2.05, 4.69) is 4.72 Å². The number of ether oxygens (including phenoxy) is 1. The van der Waals surface area contributed by atoms with Gasteiger partial charge in [-0.2, -0.15) is 0 Å². The van der Waals surface area contributed by atoms with Crippen LogP contribution in [0.5, 0.6) is 5.75 Å². The number of nitrogens with zero attached hydrogens (tertiary/aromatic N) is 2. The Balaban J connectivity index is 1.63. The summed E-state index contributed by atoms with van der Waals surface area (Å²) in [4.78, 5) is 26.1. The second-order valence-corrected chi connectivity index (χ2v) is 11.0. The van der Waals surface area contributed by atoms with Gasteiger partial charge in [-0.3, -0.25) is 18.7 Å². The molecule has 2 fully saturated rings. The van der Waals surface area contributed by atoms with Crippen molar-refractivity contribution in [1.82, 2.24) is 9.62 Å². The van der Waals surface area contributed by atoms with Crippen molar-refractivity contribution in [3.05, 3.63) is 29.6 Å². The standard InChI is InChI=1S/C23H30FN3O5S/c1-23(2,3)32-22(30)26-12-15(11-16(26)8-7-14-5-4-6-14)17-9-10-18(28)21(20(17)24)27-13-19(29)25-33(27)31/h9-11,14,16,28H,4-8,12-13H2,1-3H3,(H,25,29). The molecule has 2 atom stereocenters. The minimum atomic E-state index is -1.98. The Morgan fingerprint density at radius 3 is 2.58 bits per heavy atom. The number of anilines is 1. The first-order valence-electron chi connectivity index (χ1n) is 11.2. The van der Waals surface area contributed by atoms with Crippen LogP contribution >= 0.6 is 0 Å². The normalized spacial score (nSPS) is 23.4. The molecule has 3 aliphatic rings. The fourth-order valence-corrected chi connectivity index (χ4v) is 5.32. The van der Waals surface area contributed by atoms with Crippen molar-refractivity contribution in [3.63, 3.8) is 0 Å². The van der Waals surface area contributed by atoms with Gasteiger partial charge in [-0.15, -0.1) is 0 Å². The van der Waals surface area contributed by atoms with Crippen LogP contribution in [0.25, 0.3) is 5.57 Å². The van der Waals surface area contributed by atoms with Crippen LogP contribution in [-0.4, -0.2) is 50.9 Å². The monoisotopic (exact) mass is 479 g/mol. The van der Waals surface area contributed by atoms with Gasteiger partial charge in [0.1, 0.15) is 23.6 Å². The fraction of sp³-hybridized carbons (Fsp3) is 0.565. The zero-order valence-electron chi connectivity index (χ0n) is 19.1. The Hall–Kier alpha value is -2.62. The summed E-state index contributed by atoms with van der Waals surface area (Å²) < 4.78 is 36.5. The summed E-state index contributed by atoms with van der Waals surface area (Å²) in [5, 5.41) is 10.3. The Morgan fingerprint density at radius 1 is 1.27 bits per heavy atom. The summed E-state index contributed by atoms with van der Waals surface area (Å²) in [5.74, 6) is -1.06. The molecule has 180 valence electrons. The molecule has 2 N–H and O–H groups in total. The summed E-state index contributed by atoms with van der Waals surface area (Å²) >= 11 is -1.98. The Bertz CT molecular complexity index is 1020. The summed E-state index contributed by atoms with van der Waals surface area (Å²) in [5.41, 5.74) is -0.178. The number of phenolic OH excluding ortho intramolecular Hbond substituents is 1. The maximum absolute atomic E-state index is 15.6. The molecule has 1 saturated carbocycles. The molecule has 1 aromatic rings. The van der Waals surface area contributed by atoms with Crippen LogP contribution in [-0.2, 0) is 20.7 Å². The van der Waals surface area contributed by atoms with Crippen molar-refractivity contribution < 1.29 is 28.0 Å². The molecule has 4 rings (SSSR count). The van der Waals surface area contributed by atoms with E-state index >= 15 is 4.39 Å². The van der Waals surface area contributed by atoms with Crippen LogP contribution in [0, 0.1) is 11.7 Å². The predicted molar refractivity (Wildman–Crippen MR) is 123 cm³/mol. The molecular weight excluding hydrogens is 449 g/mol. The second kappa shape index (κ2) is 8.96. The molecule has 0 spiro atoms. The molecular formula is C23H30FN3O5S. The summed E-state index contributed by atoms with van der Waals surface area (Å²) in [6, 6.07) is 2.53. The van der Waals surface area contributed by atoms with Gasteiger partial charge in [0.25, 0.3) is 5.91 Å². The molecule has 2 aliphatic heterocycles. The SMILES string of the molecule is CC(C)(C)OC(=O)N1CC(c2ccc(O)c(N3CC(=O)NS3=O)c2F)=CC1CCC1CCC1. The van der Waals surface area contributed by atoms with Gasteiger partial charge >= 0.3 is 6.09 Å². The third kappa shape index (κ3) is 5.00. The highest BCUT2D eigenvalue weighted by atomic mass is 32.2. The van der Waals surface area contributed by atoms with Crippen molar-refractivity contribution >= 4 is 34.4 Å². The summed E-state index contributed by atoms with van der Waals surface area (Å²) in [6.45, 7) is 5.24. The third-order valence-corrected chi connectivity index (χ3v) is 7.35. The smallest absolute Gasteiger partial charge is 0.411 e. The van der Waals surface area contributed by atoms with E-state index in [1.54, 1.807) is 25.7 Å². The van der Waals surface area contributed by atoms with Crippen molar-refractivity contribution in [3.8, 4) is 5.75 Å². The van der Waals surface area contributed by atoms with E-state index in [4.69, 9.17) is 4.74 Å². The number of halogens is 1. The van der Waals surface area contributed by atoms with Gasteiger partial charge in [-0.05, 0) is 57.2 Å². The van der Waals surface area contributed by atoms with Crippen molar-refractivity contribution in [2.75, 3.05) is 17.4 Å². The van der Waals surface area contributed by atoms with Crippen molar-refractivity contribution in [2.45, 2.75) is 64.5 Å². The molecule has 0 aromatic heterocycles. The number of benzene rings is 1. The largest absolute Gasteiger partial charge is 0.506 e. The molecule has 2 amide bonds. The predicted octanol–water partition coefficient (Wildman–Crippen LogP) is 3.63. The van der Waals surface area contributed by atoms with E-state index in [-0.39, 0.29) is 30.4 Å². The summed E-state index contributed by atoms with van der Waals surface area (Å²) in [7, 11) is 0. The average molecular weight is 480 g/mol. The molecule has 0 radical (unpaired) electrons. The number of phenols is 1. The van der Waals surface area contributed by atoms with E-state index in [9.17, 15) is 18.9 Å². The second-order valence-electron chi connectivity index (χ2n) is 9.85. The molecule has 1 aliphatic carbocycles. The lowest BCUT2D eigenvalue weighted by Crippen LogP contribution is -2.40. The third-order valence-electron chi connectivity index (χ3n) is 6.24. The number of hydrogen-bond acceptors (Lipinski definition) is 5. The molecule has 0 bridgehead atoms. The quantitative estimate of drug-likeness (QED) is 0.672. The molecule has 33 heavy (non-hydrogen) atoms. The van der Waals surface area contributed by atoms with Crippen LogP contribution in [0.2, 0.25) is 0 Å². The van der Waals surface area contributed by atoms with Gasteiger partial charge in [0.15, 0.2) is 5.82 Å². The van der Waals surface area contributed by atoms with Crippen molar-refractivity contribution in [1.29, 1.82) is 0 Å². The first kappa shape index (κ1) is 23.5. The van der Waals surface area contributed by atoms with Crippen LogP contribution in [0.4, 0.5) is 14.9 Å². The molecule has 2 heterocycles. The van der Waals surface area contributed by atoms with E-state index in [1.165, 1.54) is 31.4 Å². The van der Waals surface area contributed by atoms with Crippen LogP contribution in [0.3, 0.4) is 0 Å². The average Bonchev–Trinajstić information content (AvgIpc) is 3.22. The Labute approximate surface area is 195 Å². The lowest BCUT2D eigenvalue weighted by molar-refractivity contribution is -0.117.